The minimum Gasteiger partial charge on any atom is -0.348 e. The van der Waals surface area contributed by atoms with Gasteiger partial charge in [0.2, 0.25) is 10.0 Å². The van der Waals surface area contributed by atoms with Gasteiger partial charge in [-0.25, -0.2) is 8.42 Å². The lowest BCUT2D eigenvalue weighted by Crippen LogP contribution is -2.43. The first-order valence-corrected chi connectivity index (χ1v) is 11.2. The second kappa shape index (κ2) is 8.86. The molecule has 2 saturated heterocycles. The molecule has 0 aromatic carbocycles. The highest BCUT2D eigenvalue weighted by molar-refractivity contribution is 7.99. The second-order valence-corrected chi connectivity index (χ2v) is 9.68. The zero-order valence-electron chi connectivity index (χ0n) is 13.2. The molecule has 3 rings (SSSR count). The highest BCUT2D eigenvalue weighted by atomic mass is 35.5. The lowest BCUT2D eigenvalue weighted by Gasteiger charge is -2.26. The lowest BCUT2D eigenvalue weighted by atomic mass is 10.1. The molecule has 1 amide bonds. The smallest absolute Gasteiger partial charge is 0.262 e. The summed E-state index contributed by atoms with van der Waals surface area (Å²) in [4.78, 5) is 13.0. The third-order valence-electron chi connectivity index (χ3n) is 4.10. The van der Waals surface area contributed by atoms with E-state index in [2.05, 4.69) is 10.6 Å². The summed E-state index contributed by atoms with van der Waals surface area (Å²) in [7, 11) is -3.58. The molecule has 0 bridgehead atoms. The van der Waals surface area contributed by atoms with E-state index >= 15 is 0 Å². The van der Waals surface area contributed by atoms with Crippen molar-refractivity contribution in [3.05, 3.63) is 16.3 Å². The number of sulfonamides is 1. The average Bonchev–Trinajstić information content (AvgIpc) is 3.07. The van der Waals surface area contributed by atoms with Crippen LogP contribution in [0.4, 0.5) is 0 Å². The van der Waals surface area contributed by atoms with Crippen LogP contribution in [0.25, 0.3) is 0 Å². The van der Waals surface area contributed by atoms with Gasteiger partial charge in [0.1, 0.15) is 9.77 Å². The highest BCUT2D eigenvalue weighted by Crippen LogP contribution is 2.27. The Morgan fingerprint density at radius 3 is 2.58 bits per heavy atom. The third-order valence-corrected chi connectivity index (χ3v) is 8.02. The molecule has 1 aromatic heterocycles. The standard InChI is InChI=1S/C14H21N3O3S3.ClH/c18-14(16-11-1-4-15-5-2-11)13-12(3-8-22-13)23(19,20)17-6-9-21-10-7-17;/h3,8,11,15H,1-2,4-7,9-10H2,(H,16,18);1H. The Kier molecular flexibility index (Phi) is 7.39. The number of carbonyl (C=O) groups is 1. The zero-order valence-corrected chi connectivity index (χ0v) is 16.5. The van der Waals surface area contributed by atoms with Crippen LogP contribution in [0.3, 0.4) is 0 Å². The third kappa shape index (κ3) is 4.44. The van der Waals surface area contributed by atoms with Crippen LogP contribution in [0.15, 0.2) is 16.3 Å². The summed E-state index contributed by atoms with van der Waals surface area (Å²) in [5, 5.41) is 7.91. The van der Waals surface area contributed by atoms with E-state index in [1.807, 2.05) is 0 Å². The number of hydrogen-bond donors (Lipinski definition) is 2. The highest BCUT2D eigenvalue weighted by Gasteiger charge is 2.31. The Balaban J connectivity index is 0.00000208. The number of rotatable bonds is 4. The second-order valence-electron chi connectivity index (χ2n) is 5.63. The van der Waals surface area contributed by atoms with Crippen LogP contribution in [0.1, 0.15) is 22.5 Å². The first-order chi connectivity index (χ1) is 11.1. The van der Waals surface area contributed by atoms with E-state index in [4.69, 9.17) is 0 Å². The van der Waals surface area contributed by atoms with Gasteiger partial charge in [-0.05, 0) is 37.4 Å². The number of piperidine rings is 1. The maximum atomic E-state index is 12.8. The number of halogens is 1. The van der Waals surface area contributed by atoms with Crippen LogP contribution >= 0.6 is 35.5 Å². The topological polar surface area (TPSA) is 78.5 Å². The molecular formula is C14H22ClN3O3S3. The predicted molar refractivity (Wildman–Crippen MR) is 101 cm³/mol. The number of thioether (sulfide) groups is 1. The maximum absolute atomic E-state index is 12.8. The van der Waals surface area contributed by atoms with Crippen molar-refractivity contribution in [1.82, 2.24) is 14.9 Å². The number of nitrogens with zero attached hydrogens (tertiary/aromatic N) is 1. The van der Waals surface area contributed by atoms with Crippen molar-refractivity contribution in [2.45, 2.75) is 23.8 Å². The molecule has 10 heteroatoms. The lowest BCUT2D eigenvalue weighted by molar-refractivity contribution is 0.0930. The summed E-state index contributed by atoms with van der Waals surface area (Å²) < 4.78 is 27.1. The molecule has 136 valence electrons. The van der Waals surface area contributed by atoms with E-state index in [1.165, 1.54) is 15.6 Å². The largest absolute Gasteiger partial charge is 0.348 e. The monoisotopic (exact) mass is 411 g/mol. The summed E-state index contributed by atoms with van der Waals surface area (Å²) in [6.07, 6.45) is 1.76. The number of hydrogen-bond acceptors (Lipinski definition) is 6. The minimum atomic E-state index is -3.58. The molecule has 24 heavy (non-hydrogen) atoms. The van der Waals surface area contributed by atoms with E-state index < -0.39 is 10.0 Å². The van der Waals surface area contributed by atoms with Gasteiger partial charge in [-0.1, -0.05) is 0 Å². The Hall–Kier alpha value is -0.320. The Morgan fingerprint density at radius 2 is 1.92 bits per heavy atom. The molecule has 3 heterocycles. The van der Waals surface area contributed by atoms with Crippen molar-refractivity contribution < 1.29 is 13.2 Å². The van der Waals surface area contributed by atoms with Gasteiger partial charge in [0.05, 0.1) is 0 Å². The molecule has 6 nitrogen and oxygen atoms in total. The van der Waals surface area contributed by atoms with E-state index in [9.17, 15) is 13.2 Å². The number of nitrogens with one attached hydrogen (secondary N) is 2. The van der Waals surface area contributed by atoms with Crippen molar-refractivity contribution in [1.29, 1.82) is 0 Å². The van der Waals surface area contributed by atoms with Gasteiger partial charge in [0.25, 0.3) is 5.91 Å². The van der Waals surface area contributed by atoms with E-state index in [0.29, 0.717) is 18.0 Å². The maximum Gasteiger partial charge on any atom is 0.262 e. The molecule has 0 saturated carbocycles. The Morgan fingerprint density at radius 1 is 1.25 bits per heavy atom. The van der Waals surface area contributed by atoms with E-state index in [0.717, 1.165) is 37.4 Å². The van der Waals surface area contributed by atoms with Crippen molar-refractivity contribution in [3.8, 4) is 0 Å². The van der Waals surface area contributed by atoms with Crippen molar-refractivity contribution >= 4 is 51.4 Å². The van der Waals surface area contributed by atoms with Crippen LogP contribution in [-0.2, 0) is 10.0 Å². The van der Waals surface area contributed by atoms with Crippen LogP contribution in [0.5, 0.6) is 0 Å². The molecule has 0 unspecified atom stereocenters. The summed E-state index contributed by atoms with van der Waals surface area (Å²) in [5.74, 6) is 1.34. The first kappa shape index (κ1) is 20.0. The zero-order chi connectivity index (χ0) is 16.3. The summed E-state index contributed by atoms with van der Waals surface area (Å²) >= 11 is 2.96. The molecule has 2 fully saturated rings. The summed E-state index contributed by atoms with van der Waals surface area (Å²) in [6.45, 7) is 2.79. The first-order valence-electron chi connectivity index (χ1n) is 7.76. The quantitative estimate of drug-likeness (QED) is 0.782. The fraction of sp³-hybridized carbons (Fsp3) is 0.643. The molecule has 1 aromatic rings. The van der Waals surface area contributed by atoms with Gasteiger partial charge >= 0.3 is 0 Å². The molecule has 0 aliphatic carbocycles. The number of amides is 1. The molecule has 2 N–H and O–H groups in total. The van der Waals surface area contributed by atoms with E-state index in [1.54, 1.807) is 23.2 Å². The normalized spacial score (nSPS) is 20.3. The molecule has 2 aliphatic rings. The van der Waals surface area contributed by atoms with Gasteiger partial charge in [-0.2, -0.15) is 16.1 Å². The summed E-state index contributed by atoms with van der Waals surface area (Å²) in [6, 6.07) is 1.67. The van der Waals surface area contributed by atoms with Crippen LogP contribution in [0.2, 0.25) is 0 Å². The van der Waals surface area contributed by atoms with Crippen molar-refractivity contribution in [2.24, 2.45) is 0 Å². The van der Waals surface area contributed by atoms with Crippen molar-refractivity contribution in [3.63, 3.8) is 0 Å². The van der Waals surface area contributed by atoms with E-state index in [-0.39, 0.29) is 29.3 Å². The van der Waals surface area contributed by atoms with Gasteiger partial charge in [-0.15, -0.1) is 23.7 Å². The molecular weight excluding hydrogens is 390 g/mol. The fourth-order valence-corrected chi connectivity index (χ4v) is 6.69. The molecule has 0 atom stereocenters. The van der Waals surface area contributed by atoms with Crippen molar-refractivity contribution in [2.75, 3.05) is 37.7 Å². The summed E-state index contributed by atoms with van der Waals surface area (Å²) in [5.41, 5.74) is 0. The molecule has 0 spiro atoms. The average molecular weight is 412 g/mol. The van der Waals surface area contributed by atoms with Gasteiger partial charge in [-0.3, -0.25) is 4.79 Å². The van der Waals surface area contributed by atoms with Crippen LogP contribution < -0.4 is 10.6 Å². The number of carbonyl (C=O) groups excluding carboxylic acids is 1. The fourth-order valence-electron chi connectivity index (χ4n) is 2.81. The van der Waals surface area contributed by atoms with Crippen LogP contribution in [0, 0.1) is 0 Å². The number of thiophene rings is 1. The van der Waals surface area contributed by atoms with Crippen LogP contribution in [-0.4, -0.2) is 62.4 Å². The van der Waals surface area contributed by atoms with Gasteiger partial charge < -0.3 is 10.6 Å². The van der Waals surface area contributed by atoms with Gasteiger partial charge in [0.15, 0.2) is 0 Å². The molecule has 2 aliphatic heterocycles. The molecule has 0 radical (unpaired) electrons. The SMILES string of the molecule is Cl.O=C(NC1CCNCC1)c1sccc1S(=O)(=O)N1CCSCC1. The Bertz CT molecular complexity index is 653. The van der Waals surface area contributed by atoms with Gasteiger partial charge in [0, 0.05) is 30.6 Å². The predicted octanol–water partition coefficient (Wildman–Crippen LogP) is 1.39. The Labute approximate surface area is 157 Å². The minimum absolute atomic E-state index is 0.